The molecule has 6 nitrogen and oxygen atoms in total. The normalized spacial score (nSPS) is 11.8. The summed E-state index contributed by atoms with van der Waals surface area (Å²) in [5.41, 5.74) is 1.89. The standard InChI is InChI=1S/C12H10N4O2S/c1-19(17,18)12-13-7-10-11(15-12)16(8-14-10)9-5-3-2-4-6-9/h2-8H,1H3. The molecule has 0 spiro atoms. The predicted octanol–water partition coefficient (Wildman–Crippen LogP) is 1.22. The minimum Gasteiger partial charge on any atom is -0.283 e. The highest BCUT2D eigenvalue weighted by Gasteiger charge is 2.14. The lowest BCUT2D eigenvalue weighted by atomic mass is 10.3. The van der Waals surface area contributed by atoms with Crippen LogP contribution in [0.4, 0.5) is 0 Å². The van der Waals surface area contributed by atoms with Gasteiger partial charge < -0.3 is 0 Å². The van der Waals surface area contributed by atoms with Gasteiger partial charge in [-0.05, 0) is 12.1 Å². The van der Waals surface area contributed by atoms with E-state index < -0.39 is 9.84 Å². The molecule has 2 aromatic heterocycles. The smallest absolute Gasteiger partial charge is 0.248 e. The molecule has 0 saturated carbocycles. The summed E-state index contributed by atoms with van der Waals surface area (Å²) in [4.78, 5) is 12.1. The Morgan fingerprint density at radius 2 is 1.84 bits per heavy atom. The number of aromatic nitrogens is 4. The zero-order valence-electron chi connectivity index (χ0n) is 10.1. The van der Waals surface area contributed by atoms with E-state index in [1.54, 1.807) is 10.9 Å². The third-order valence-electron chi connectivity index (χ3n) is 2.63. The van der Waals surface area contributed by atoms with Crippen LogP contribution >= 0.6 is 0 Å². The van der Waals surface area contributed by atoms with Crippen LogP contribution in [0.2, 0.25) is 0 Å². The topological polar surface area (TPSA) is 77.7 Å². The first kappa shape index (κ1) is 11.8. The molecule has 0 unspecified atom stereocenters. The Labute approximate surface area is 109 Å². The summed E-state index contributed by atoms with van der Waals surface area (Å²) in [7, 11) is -3.43. The fraction of sp³-hybridized carbons (Fsp3) is 0.0833. The first-order valence-corrected chi connectivity index (χ1v) is 7.40. The van der Waals surface area contributed by atoms with Crippen molar-refractivity contribution in [2.75, 3.05) is 6.26 Å². The summed E-state index contributed by atoms with van der Waals surface area (Å²) in [5.74, 6) is 0. The Bertz CT molecular complexity index is 841. The Kier molecular flexibility index (Phi) is 2.56. The maximum atomic E-state index is 11.5. The molecule has 96 valence electrons. The fourth-order valence-electron chi connectivity index (χ4n) is 1.75. The Hall–Kier alpha value is -2.28. The van der Waals surface area contributed by atoms with E-state index in [9.17, 15) is 8.42 Å². The molecule has 0 bridgehead atoms. The number of fused-ring (bicyclic) bond motifs is 1. The van der Waals surface area contributed by atoms with E-state index in [0.29, 0.717) is 11.2 Å². The summed E-state index contributed by atoms with van der Waals surface area (Å²) in [6.07, 6.45) is 4.09. The van der Waals surface area contributed by atoms with Crippen molar-refractivity contribution >= 4 is 21.0 Å². The molecule has 0 aliphatic rings. The van der Waals surface area contributed by atoms with Gasteiger partial charge in [0, 0.05) is 11.9 Å². The summed E-state index contributed by atoms with van der Waals surface area (Å²) in [5, 5.41) is -0.197. The predicted molar refractivity (Wildman–Crippen MR) is 69.8 cm³/mol. The monoisotopic (exact) mass is 274 g/mol. The van der Waals surface area contributed by atoms with Crippen LogP contribution in [0.15, 0.2) is 48.0 Å². The lowest BCUT2D eigenvalue weighted by Gasteiger charge is -2.03. The van der Waals surface area contributed by atoms with Crippen molar-refractivity contribution in [2.45, 2.75) is 5.16 Å². The van der Waals surface area contributed by atoms with Crippen molar-refractivity contribution in [1.82, 2.24) is 19.5 Å². The molecule has 1 aromatic carbocycles. The fourth-order valence-corrected chi connectivity index (χ4v) is 2.25. The quantitative estimate of drug-likeness (QED) is 0.656. The third kappa shape index (κ3) is 2.08. The van der Waals surface area contributed by atoms with E-state index in [1.807, 2.05) is 30.3 Å². The van der Waals surface area contributed by atoms with E-state index >= 15 is 0 Å². The summed E-state index contributed by atoms with van der Waals surface area (Å²) in [6, 6.07) is 9.46. The maximum Gasteiger partial charge on any atom is 0.248 e. The zero-order chi connectivity index (χ0) is 13.5. The molecule has 3 aromatic rings. The number of imidazole rings is 1. The SMILES string of the molecule is CS(=O)(=O)c1ncc2ncn(-c3ccccc3)c2n1. The molecule has 7 heteroatoms. The molecule has 0 aliphatic heterocycles. The van der Waals surface area contributed by atoms with Gasteiger partial charge in [0.05, 0.1) is 6.20 Å². The number of sulfone groups is 1. The van der Waals surface area contributed by atoms with Crippen LogP contribution < -0.4 is 0 Å². The van der Waals surface area contributed by atoms with Gasteiger partial charge in [0.2, 0.25) is 15.0 Å². The van der Waals surface area contributed by atoms with E-state index in [2.05, 4.69) is 15.0 Å². The van der Waals surface area contributed by atoms with E-state index in [0.717, 1.165) is 11.9 Å². The van der Waals surface area contributed by atoms with Crippen LogP contribution in [0.5, 0.6) is 0 Å². The second-order valence-electron chi connectivity index (χ2n) is 4.08. The first-order chi connectivity index (χ1) is 9.05. The molecule has 0 amide bonds. The summed E-state index contributed by atoms with van der Waals surface area (Å²) >= 11 is 0. The molecular formula is C12H10N4O2S. The van der Waals surface area contributed by atoms with E-state index in [-0.39, 0.29) is 5.16 Å². The molecule has 0 N–H and O–H groups in total. The minimum atomic E-state index is -3.43. The summed E-state index contributed by atoms with van der Waals surface area (Å²) in [6.45, 7) is 0. The van der Waals surface area contributed by atoms with Gasteiger partial charge in [-0.3, -0.25) is 4.57 Å². The second kappa shape index (κ2) is 4.13. The Morgan fingerprint density at radius 3 is 2.53 bits per heavy atom. The lowest BCUT2D eigenvalue weighted by Crippen LogP contribution is -2.05. The molecule has 19 heavy (non-hydrogen) atoms. The molecule has 0 atom stereocenters. The number of hydrogen-bond acceptors (Lipinski definition) is 5. The van der Waals surface area contributed by atoms with Gasteiger partial charge in [-0.1, -0.05) is 18.2 Å². The van der Waals surface area contributed by atoms with Crippen LogP contribution in [0.1, 0.15) is 0 Å². The Balaban J connectivity index is 2.28. The van der Waals surface area contributed by atoms with E-state index in [4.69, 9.17) is 0 Å². The number of para-hydroxylation sites is 1. The minimum absolute atomic E-state index is 0.197. The van der Waals surface area contributed by atoms with Crippen LogP contribution in [0.3, 0.4) is 0 Å². The van der Waals surface area contributed by atoms with Crippen molar-refractivity contribution in [3.8, 4) is 5.69 Å². The average Bonchev–Trinajstić information content (AvgIpc) is 2.81. The molecular weight excluding hydrogens is 264 g/mol. The van der Waals surface area contributed by atoms with Gasteiger partial charge in [0.15, 0.2) is 5.65 Å². The average molecular weight is 274 g/mol. The molecule has 0 aliphatic carbocycles. The van der Waals surface area contributed by atoms with Crippen molar-refractivity contribution in [3.05, 3.63) is 42.9 Å². The number of benzene rings is 1. The van der Waals surface area contributed by atoms with Crippen molar-refractivity contribution < 1.29 is 8.42 Å². The van der Waals surface area contributed by atoms with Gasteiger partial charge in [-0.2, -0.15) is 4.98 Å². The van der Waals surface area contributed by atoms with Crippen molar-refractivity contribution in [1.29, 1.82) is 0 Å². The van der Waals surface area contributed by atoms with Gasteiger partial charge >= 0.3 is 0 Å². The summed E-state index contributed by atoms with van der Waals surface area (Å²) < 4.78 is 24.7. The molecule has 0 fully saturated rings. The number of nitrogens with zero attached hydrogens (tertiary/aromatic N) is 4. The zero-order valence-corrected chi connectivity index (χ0v) is 10.9. The van der Waals surface area contributed by atoms with Crippen LogP contribution in [0.25, 0.3) is 16.9 Å². The van der Waals surface area contributed by atoms with Crippen molar-refractivity contribution in [3.63, 3.8) is 0 Å². The van der Waals surface area contributed by atoms with Crippen molar-refractivity contribution in [2.24, 2.45) is 0 Å². The molecule has 0 radical (unpaired) electrons. The van der Waals surface area contributed by atoms with Gasteiger partial charge in [-0.15, -0.1) is 0 Å². The largest absolute Gasteiger partial charge is 0.283 e. The maximum absolute atomic E-state index is 11.5. The molecule has 0 saturated heterocycles. The van der Waals surface area contributed by atoms with Crippen LogP contribution in [-0.2, 0) is 9.84 Å². The van der Waals surface area contributed by atoms with Gasteiger partial charge in [-0.25, -0.2) is 18.4 Å². The highest BCUT2D eigenvalue weighted by atomic mass is 32.2. The molecule has 3 rings (SSSR count). The highest BCUT2D eigenvalue weighted by molar-refractivity contribution is 7.90. The van der Waals surface area contributed by atoms with Crippen LogP contribution in [-0.4, -0.2) is 34.2 Å². The first-order valence-electron chi connectivity index (χ1n) is 5.51. The Morgan fingerprint density at radius 1 is 1.11 bits per heavy atom. The second-order valence-corrected chi connectivity index (χ2v) is 5.99. The lowest BCUT2D eigenvalue weighted by molar-refractivity contribution is 0.593. The molecule has 2 heterocycles. The van der Waals surface area contributed by atoms with Crippen LogP contribution in [0, 0.1) is 0 Å². The highest BCUT2D eigenvalue weighted by Crippen LogP contribution is 2.16. The van der Waals surface area contributed by atoms with Gasteiger partial charge in [0.1, 0.15) is 11.8 Å². The van der Waals surface area contributed by atoms with E-state index in [1.165, 1.54) is 6.20 Å². The number of hydrogen-bond donors (Lipinski definition) is 0. The number of rotatable bonds is 2. The van der Waals surface area contributed by atoms with Gasteiger partial charge in [0.25, 0.3) is 0 Å². The third-order valence-corrected chi connectivity index (χ3v) is 3.49.